The monoisotopic (exact) mass is 663 g/mol. The largest absolute Gasteiger partial charge is 0.481 e. The van der Waals surface area contributed by atoms with Gasteiger partial charge in [-0.2, -0.15) is 0 Å². The minimum absolute atomic E-state index is 0.0850. The van der Waals surface area contributed by atoms with Crippen molar-refractivity contribution in [3.05, 3.63) is 53.6 Å². The van der Waals surface area contributed by atoms with Crippen molar-refractivity contribution in [1.82, 2.24) is 4.72 Å². The maximum absolute atomic E-state index is 13.0. The molecule has 258 valence electrons. The van der Waals surface area contributed by atoms with Gasteiger partial charge in [0.05, 0.1) is 10.7 Å². The van der Waals surface area contributed by atoms with Crippen LogP contribution in [0.15, 0.2) is 42.5 Å². The lowest BCUT2D eigenvalue weighted by Gasteiger charge is -2.72. The van der Waals surface area contributed by atoms with Gasteiger partial charge in [0.25, 0.3) is 5.91 Å². The molecule has 1 amide bonds. The smallest absolute Gasteiger partial charge is 0.309 e. The second-order valence-corrected chi connectivity index (χ2v) is 20.0. The molecule has 6 nitrogen and oxygen atoms in total. The van der Waals surface area contributed by atoms with Gasteiger partial charge in [-0.25, -0.2) is 13.1 Å². The molecule has 47 heavy (non-hydrogen) atoms. The van der Waals surface area contributed by atoms with Crippen molar-refractivity contribution in [2.75, 3.05) is 0 Å². The third-order valence-corrected chi connectivity index (χ3v) is 17.1. The lowest BCUT2D eigenvalue weighted by molar-refractivity contribution is -0.227. The molecule has 9 atom stereocenters. The van der Waals surface area contributed by atoms with Crippen molar-refractivity contribution >= 4 is 27.5 Å². The molecule has 0 unspecified atom stereocenters. The number of carboxylic acid groups (broad SMARTS) is 1. The number of hydrogen-bond acceptors (Lipinski definition) is 4. The first-order valence-corrected chi connectivity index (χ1v) is 19.6. The summed E-state index contributed by atoms with van der Waals surface area (Å²) in [5, 5.41) is 9.98. The van der Waals surface area contributed by atoms with Gasteiger partial charge >= 0.3 is 5.97 Å². The number of carbonyl (C=O) groups is 2. The molecule has 0 spiro atoms. The summed E-state index contributed by atoms with van der Waals surface area (Å²) >= 11 is 0. The predicted molar refractivity (Wildman–Crippen MR) is 188 cm³/mol. The number of hydrogen-bond donors (Lipinski definition) is 2. The number of benzene rings is 1. The Balaban J connectivity index is 1.30. The zero-order chi connectivity index (χ0) is 34.5. The molecule has 5 aliphatic carbocycles. The van der Waals surface area contributed by atoms with E-state index in [4.69, 9.17) is 0 Å². The molecule has 0 aromatic heterocycles. The van der Waals surface area contributed by atoms with E-state index in [9.17, 15) is 23.1 Å². The highest BCUT2D eigenvalue weighted by Crippen LogP contribution is 2.77. The highest BCUT2D eigenvalue weighted by atomic mass is 32.2. The van der Waals surface area contributed by atoms with Crippen LogP contribution < -0.4 is 4.72 Å². The highest BCUT2D eigenvalue weighted by Gasteiger charge is 2.71. The zero-order valence-corrected chi connectivity index (χ0v) is 30.7. The van der Waals surface area contributed by atoms with Crippen LogP contribution >= 0.6 is 0 Å². The van der Waals surface area contributed by atoms with E-state index in [2.05, 4.69) is 58.9 Å². The lowest BCUT2D eigenvalue weighted by atomic mass is 9.32. The molecule has 4 fully saturated rings. The molecule has 0 heterocycles. The first-order valence-electron chi connectivity index (χ1n) is 18.0. The van der Waals surface area contributed by atoms with Crippen LogP contribution in [0.3, 0.4) is 0 Å². The van der Waals surface area contributed by atoms with Crippen molar-refractivity contribution in [1.29, 1.82) is 0 Å². The summed E-state index contributed by atoms with van der Waals surface area (Å²) in [7, 11) is -3.70. The summed E-state index contributed by atoms with van der Waals surface area (Å²) in [5.41, 5.74) is 3.60. The first kappa shape index (κ1) is 34.5. The third kappa shape index (κ3) is 4.78. The summed E-state index contributed by atoms with van der Waals surface area (Å²) in [6.45, 7) is 22.1. The van der Waals surface area contributed by atoms with Gasteiger partial charge in [-0.05, 0) is 153 Å². The normalized spacial score (nSPS) is 40.7. The molecular weight excluding hydrogens is 607 g/mol. The maximum atomic E-state index is 13.0. The first-order chi connectivity index (χ1) is 21.8. The Morgan fingerprint density at radius 3 is 2.15 bits per heavy atom. The van der Waals surface area contributed by atoms with Gasteiger partial charge in [-0.1, -0.05) is 65.0 Å². The molecule has 0 saturated heterocycles. The molecule has 5 aliphatic rings. The third-order valence-electron chi connectivity index (χ3n) is 15.4. The van der Waals surface area contributed by atoms with Crippen molar-refractivity contribution in [3.63, 3.8) is 0 Å². The Morgan fingerprint density at radius 1 is 0.894 bits per heavy atom. The number of amides is 1. The van der Waals surface area contributed by atoms with Crippen LogP contribution in [-0.4, -0.2) is 30.7 Å². The molecular formula is C40H57NO5S. The van der Waals surface area contributed by atoms with Gasteiger partial charge in [0.1, 0.15) is 0 Å². The van der Waals surface area contributed by atoms with Crippen LogP contribution in [0.25, 0.3) is 5.57 Å². The van der Waals surface area contributed by atoms with E-state index in [1.54, 1.807) is 26.0 Å². The van der Waals surface area contributed by atoms with E-state index in [-0.39, 0.29) is 27.6 Å². The van der Waals surface area contributed by atoms with Crippen molar-refractivity contribution in [3.8, 4) is 0 Å². The Morgan fingerprint density at radius 2 is 1.55 bits per heavy atom. The number of aliphatic carboxylic acids is 1. The van der Waals surface area contributed by atoms with E-state index < -0.39 is 32.6 Å². The number of nitrogens with one attached hydrogen (secondary N) is 1. The fraction of sp³-hybridized carbons (Fsp3) is 0.700. The van der Waals surface area contributed by atoms with Crippen molar-refractivity contribution in [2.45, 2.75) is 118 Å². The zero-order valence-electron chi connectivity index (χ0n) is 29.9. The van der Waals surface area contributed by atoms with Gasteiger partial charge in [-0.15, -0.1) is 0 Å². The van der Waals surface area contributed by atoms with E-state index in [1.165, 1.54) is 11.1 Å². The number of carbonyl (C=O) groups excluding carboxylic acids is 1. The molecule has 2 N–H and O–H groups in total. The van der Waals surface area contributed by atoms with Crippen LogP contribution in [-0.2, 0) is 14.8 Å². The molecule has 7 heteroatoms. The van der Waals surface area contributed by atoms with Crippen molar-refractivity contribution in [2.24, 2.45) is 56.7 Å². The quantitative estimate of drug-likeness (QED) is 0.296. The van der Waals surface area contributed by atoms with Gasteiger partial charge in [0, 0.05) is 5.56 Å². The lowest BCUT2D eigenvalue weighted by Crippen LogP contribution is -2.65. The van der Waals surface area contributed by atoms with Crippen LogP contribution in [0.5, 0.6) is 0 Å². The van der Waals surface area contributed by atoms with Crippen LogP contribution in [0.4, 0.5) is 0 Å². The minimum atomic E-state index is -3.70. The van der Waals surface area contributed by atoms with Crippen molar-refractivity contribution < 1.29 is 23.1 Å². The number of allylic oxidation sites excluding steroid dienone is 3. The van der Waals surface area contributed by atoms with Gasteiger partial charge < -0.3 is 5.11 Å². The Kier molecular flexibility index (Phi) is 8.10. The van der Waals surface area contributed by atoms with E-state index in [0.29, 0.717) is 29.2 Å². The van der Waals surface area contributed by atoms with Gasteiger partial charge in [-0.3, -0.25) is 9.59 Å². The topological polar surface area (TPSA) is 101 Å². The van der Waals surface area contributed by atoms with Crippen LogP contribution in [0, 0.1) is 56.7 Å². The summed E-state index contributed by atoms with van der Waals surface area (Å²) in [5.74, 6) is 0.778. The van der Waals surface area contributed by atoms with Crippen LogP contribution in [0.1, 0.15) is 129 Å². The Bertz CT molecular complexity index is 1620. The summed E-state index contributed by atoms with van der Waals surface area (Å²) in [6, 6.07) is 7.44. The highest BCUT2D eigenvalue weighted by molar-refractivity contribution is 7.90. The minimum Gasteiger partial charge on any atom is -0.481 e. The summed E-state index contributed by atoms with van der Waals surface area (Å²) in [6.07, 6.45) is 11.6. The number of carboxylic acids is 1. The van der Waals surface area contributed by atoms with E-state index in [0.717, 1.165) is 63.4 Å². The Hall–Kier alpha value is -2.41. The maximum Gasteiger partial charge on any atom is 0.309 e. The second-order valence-electron chi connectivity index (χ2n) is 17.8. The second kappa shape index (κ2) is 11.1. The fourth-order valence-corrected chi connectivity index (χ4v) is 13.3. The van der Waals surface area contributed by atoms with Gasteiger partial charge in [0.2, 0.25) is 10.0 Å². The molecule has 0 radical (unpaired) electrons. The summed E-state index contributed by atoms with van der Waals surface area (Å²) < 4.78 is 26.7. The SMILES string of the molecule is C=C(C)[C@@H]1CC[C@]2(C(=O)O)CC[C@]3(C)[C@H](CC[C@@H]4[C@@]5(C)CC=C(c6ccc(C(=O)NS(=O)(=O)C(C)C)cc6)C(C)(C)[C@@H]5CC[C@]43C)[C@@H]12. The average Bonchev–Trinajstić information content (AvgIpc) is 3.39. The molecule has 1 aromatic rings. The fourth-order valence-electron chi connectivity index (χ4n) is 12.7. The number of fused-ring (bicyclic) bond motifs is 7. The average molecular weight is 664 g/mol. The predicted octanol–water partition coefficient (Wildman–Crippen LogP) is 8.89. The Labute approximate surface area is 283 Å². The van der Waals surface area contributed by atoms with E-state index in [1.807, 2.05) is 12.1 Å². The molecule has 0 bridgehead atoms. The number of rotatable bonds is 6. The standard InChI is InChI=1S/C40H57NO5S/c1-24(2)28-16-21-40(35(43)44)23-22-38(8)30(33(28)40)14-15-32-37(7)19-17-29(36(5,6)31(37)18-20-39(32,38)9)26-10-12-27(13-11-26)34(42)41-47(45,46)25(3)4/h10-13,17,25,28,30-33H,1,14-16,18-23H2,2-9H3,(H,41,42)(H,43,44)/t28-,30+,31-,32+,33+,37-,38+,39+,40-/m0/s1. The molecule has 0 aliphatic heterocycles. The molecule has 4 saturated carbocycles. The van der Waals surface area contributed by atoms with Gasteiger partial charge in [0.15, 0.2) is 0 Å². The molecule has 1 aromatic carbocycles. The summed E-state index contributed by atoms with van der Waals surface area (Å²) in [4.78, 5) is 25.7. The number of sulfonamides is 1. The van der Waals surface area contributed by atoms with E-state index >= 15 is 0 Å². The van der Waals surface area contributed by atoms with Crippen LogP contribution in [0.2, 0.25) is 0 Å². The molecule has 6 rings (SSSR count).